The molecule has 2 atom stereocenters. The number of halogens is 1. The molecule has 1 aliphatic rings. The zero-order valence-corrected chi connectivity index (χ0v) is 11.0. The molecule has 1 saturated heterocycles. The Labute approximate surface area is 102 Å². The third-order valence-corrected chi connectivity index (χ3v) is 4.04. The van der Waals surface area contributed by atoms with E-state index in [-0.39, 0.29) is 5.56 Å². The van der Waals surface area contributed by atoms with Crippen molar-refractivity contribution in [2.45, 2.75) is 13.8 Å². The van der Waals surface area contributed by atoms with Gasteiger partial charge in [-0.2, -0.15) is 0 Å². The maximum atomic E-state index is 11.4. The van der Waals surface area contributed by atoms with E-state index in [1.54, 1.807) is 0 Å². The number of aromatic amines is 1. The molecule has 2 rings (SSSR count). The zero-order valence-electron chi connectivity index (χ0n) is 8.83. The van der Waals surface area contributed by atoms with E-state index in [1.165, 1.54) is 6.33 Å². The molecule has 0 saturated carbocycles. The number of anilines is 1. The third kappa shape index (κ3) is 2.02. The minimum atomic E-state index is -0.0483. The molecule has 1 N–H and O–H groups in total. The Morgan fingerprint density at radius 1 is 1.47 bits per heavy atom. The van der Waals surface area contributed by atoms with Gasteiger partial charge in [0.25, 0.3) is 5.56 Å². The number of nitrogens with zero attached hydrogens (tertiary/aromatic N) is 2. The summed E-state index contributed by atoms with van der Waals surface area (Å²) in [7, 11) is 0. The Balaban J connectivity index is 2.32. The average molecular weight is 319 g/mol. The molecule has 82 valence electrons. The van der Waals surface area contributed by atoms with Crippen LogP contribution in [0.15, 0.2) is 11.1 Å². The molecular formula is C10H14IN3O. The standard InChI is InChI=1S/C10H14IN3O/c1-6-3-14(4-7(6)2)9-8(11)10(15)13-5-12-9/h5-7H,3-4H2,1-2H3,(H,12,13,15). The molecule has 0 aliphatic carbocycles. The number of hydrogen-bond donors (Lipinski definition) is 1. The number of H-pyrrole nitrogens is 1. The predicted molar refractivity (Wildman–Crippen MR) is 68.1 cm³/mol. The van der Waals surface area contributed by atoms with Crippen molar-refractivity contribution in [2.75, 3.05) is 18.0 Å². The monoisotopic (exact) mass is 319 g/mol. The molecule has 2 unspecified atom stereocenters. The highest BCUT2D eigenvalue weighted by atomic mass is 127. The van der Waals surface area contributed by atoms with E-state index in [1.807, 2.05) is 0 Å². The highest BCUT2D eigenvalue weighted by Crippen LogP contribution is 2.27. The van der Waals surface area contributed by atoms with E-state index in [9.17, 15) is 4.79 Å². The van der Waals surface area contributed by atoms with Crippen LogP contribution < -0.4 is 10.5 Å². The summed E-state index contributed by atoms with van der Waals surface area (Å²) in [6.45, 7) is 6.47. The van der Waals surface area contributed by atoms with Crippen molar-refractivity contribution in [1.29, 1.82) is 0 Å². The number of rotatable bonds is 1. The van der Waals surface area contributed by atoms with Gasteiger partial charge < -0.3 is 9.88 Å². The van der Waals surface area contributed by atoms with Gasteiger partial charge in [-0.3, -0.25) is 4.79 Å². The zero-order chi connectivity index (χ0) is 11.0. The SMILES string of the molecule is CC1CN(c2nc[nH]c(=O)c2I)CC1C. The molecule has 0 radical (unpaired) electrons. The van der Waals surface area contributed by atoms with Gasteiger partial charge in [-0.05, 0) is 34.4 Å². The van der Waals surface area contributed by atoms with Gasteiger partial charge in [-0.1, -0.05) is 13.8 Å². The molecule has 0 aromatic carbocycles. The van der Waals surface area contributed by atoms with Gasteiger partial charge in [-0.15, -0.1) is 0 Å². The summed E-state index contributed by atoms with van der Waals surface area (Å²) in [4.78, 5) is 20.5. The molecule has 1 aromatic heterocycles. The van der Waals surface area contributed by atoms with Crippen LogP contribution in [-0.4, -0.2) is 23.1 Å². The molecule has 0 bridgehead atoms. The van der Waals surface area contributed by atoms with E-state index < -0.39 is 0 Å². The van der Waals surface area contributed by atoms with E-state index in [0.717, 1.165) is 18.9 Å². The number of aromatic nitrogens is 2. The van der Waals surface area contributed by atoms with Crippen LogP contribution in [0.2, 0.25) is 0 Å². The number of nitrogens with one attached hydrogen (secondary N) is 1. The Bertz CT molecular complexity index is 407. The minimum absolute atomic E-state index is 0.0483. The van der Waals surface area contributed by atoms with Gasteiger partial charge in [0.2, 0.25) is 0 Å². The predicted octanol–water partition coefficient (Wildman–Crippen LogP) is 1.47. The van der Waals surface area contributed by atoms with Crippen molar-refractivity contribution in [2.24, 2.45) is 11.8 Å². The van der Waals surface area contributed by atoms with Crippen LogP contribution in [0.25, 0.3) is 0 Å². The first-order valence-corrected chi connectivity index (χ1v) is 6.15. The van der Waals surface area contributed by atoms with Crippen LogP contribution in [-0.2, 0) is 0 Å². The first kappa shape index (κ1) is 10.9. The molecule has 1 aliphatic heterocycles. The molecule has 0 spiro atoms. The van der Waals surface area contributed by atoms with Gasteiger partial charge in [0.15, 0.2) is 0 Å². The number of hydrogen-bond acceptors (Lipinski definition) is 3. The fourth-order valence-electron chi connectivity index (χ4n) is 1.90. The lowest BCUT2D eigenvalue weighted by atomic mass is 10.0. The van der Waals surface area contributed by atoms with E-state index in [0.29, 0.717) is 15.4 Å². The molecule has 5 heteroatoms. The normalized spacial score (nSPS) is 25.9. The van der Waals surface area contributed by atoms with Crippen LogP contribution >= 0.6 is 22.6 Å². The van der Waals surface area contributed by atoms with Crippen molar-refractivity contribution in [1.82, 2.24) is 9.97 Å². The summed E-state index contributed by atoms with van der Waals surface area (Å²) in [5.74, 6) is 2.17. The minimum Gasteiger partial charge on any atom is -0.355 e. The third-order valence-electron chi connectivity index (χ3n) is 3.07. The lowest BCUT2D eigenvalue weighted by Crippen LogP contribution is -2.25. The highest BCUT2D eigenvalue weighted by Gasteiger charge is 2.28. The Morgan fingerprint density at radius 3 is 2.67 bits per heavy atom. The molecule has 2 heterocycles. The first-order valence-electron chi connectivity index (χ1n) is 5.07. The van der Waals surface area contributed by atoms with Crippen LogP contribution in [0, 0.1) is 15.4 Å². The molecule has 1 aromatic rings. The highest BCUT2D eigenvalue weighted by molar-refractivity contribution is 14.1. The van der Waals surface area contributed by atoms with Crippen molar-refractivity contribution in [3.63, 3.8) is 0 Å². The molecule has 1 fully saturated rings. The fraction of sp³-hybridized carbons (Fsp3) is 0.600. The summed E-state index contributed by atoms with van der Waals surface area (Å²) in [6.07, 6.45) is 1.48. The molecule has 4 nitrogen and oxygen atoms in total. The Hall–Kier alpha value is -0.590. The van der Waals surface area contributed by atoms with Gasteiger partial charge in [0.1, 0.15) is 9.39 Å². The van der Waals surface area contributed by atoms with Crippen LogP contribution in [0.4, 0.5) is 5.82 Å². The Kier molecular flexibility index (Phi) is 2.99. The van der Waals surface area contributed by atoms with Gasteiger partial charge in [0.05, 0.1) is 6.33 Å². The van der Waals surface area contributed by atoms with Gasteiger partial charge in [-0.25, -0.2) is 4.98 Å². The van der Waals surface area contributed by atoms with E-state index in [2.05, 4.69) is 51.3 Å². The topological polar surface area (TPSA) is 49.0 Å². The second-order valence-electron chi connectivity index (χ2n) is 4.23. The summed E-state index contributed by atoms with van der Waals surface area (Å²) in [5, 5.41) is 0. The quantitative estimate of drug-likeness (QED) is 0.798. The maximum Gasteiger partial charge on any atom is 0.266 e. The average Bonchev–Trinajstić information content (AvgIpc) is 2.51. The van der Waals surface area contributed by atoms with Gasteiger partial charge >= 0.3 is 0 Å². The van der Waals surface area contributed by atoms with Gasteiger partial charge in [0, 0.05) is 13.1 Å². The van der Waals surface area contributed by atoms with Crippen LogP contribution in [0.1, 0.15) is 13.8 Å². The smallest absolute Gasteiger partial charge is 0.266 e. The van der Waals surface area contributed by atoms with E-state index in [4.69, 9.17) is 0 Å². The first-order chi connectivity index (χ1) is 7.09. The lowest BCUT2D eigenvalue weighted by Gasteiger charge is -2.17. The summed E-state index contributed by atoms with van der Waals surface area (Å²) in [5.41, 5.74) is -0.0483. The molecule has 15 heavy (non-hydrogen) atoms. The van der Waals surface area contributed by atoms with E-state index >= 15 is 0 Å². The van der Waals surface area contributed by atoms with Crippen LogP contribution in [0.3, 0.4) is 0 Å². The van der Waals surface area contributed by atoms with Crippen molar-refractivity contribution in [3.05, 3.63) is 20.3 Å². The second kappa shape index (κ2) is 4.11. The fourth-order valence-corrected chi connectivity index (χ4v) is 2.53. The van der Waals surface area contributed by atoms with Crippen molar-refractivity contribution >= 4 is 28.4 Å². The van der Waals surface area contributed by atoms with Crippen LogP contribution in [0.5, 0.6) is 0 Å². The summed E-state index contributed by atoms with van der Waals surface area (Å²) in [6, 6.07) is 0. The molecule has 0 amide bonds. The van der Waals surface area contributed by atoms with Crippen molar-refractivity contribution < 1.29 is 0 Å². The second-order valence-corrected chi connectivity index (χ2v) is 5.31. The largest absolute Gasteiger partial charge is 0.355 e. The molecular weight excluding hydrogens is 305 g/mol. The Morgan fingerprint density at radius 2 is 2.07 bits per heavy atom. The van der Waals surface area contributed by atoms with Crippen molar-refractivity contribution in [3.8, 4) is 0 Å². The summed E-state index contributed by atoms with van der Waals surface area (Å²) >= 11 is 2.06. The maximum absolute atomic E-state index is 11.4. The summed E-state index contributed by atoms with van der Waals surface area (Å²) < 4.78 is 0.691. The lowest BCUT2D eigenvalue weighted by molar-refractivity contribution is 0.494.